The molecule has 2 aromatic rings. The Morgan fingerprint density at radius 3 is 2.78 bits per heavy atom. The SMILES string of the molecule is CCOc1cc(-c2c(C#N)c(N)nc3c2CCCC3)ccc1OCC(=O)O. The van der Waals surface area contributed by atoms with Gasteiger partial charge in [0.05, 0.1) is 6.61 Å². The second kappa shape index (κ2) is 7.96. The number of benzene rings is 1. The van der Waals surface area contributed by atoms with E-state index in [9.17, 15) is 10.1 Å². The first-order chi connectivity index (χ1) is 13.0. The van der Waals surface area contributed by atoms with Crippen molar-refractivity contribution in [2.45, 2.75) is 32.6 Å². The second-order valence-electron chi connectivity index (χ2n) is 6.27. The van der Waals surface area contributed by atoms with E-state index in [0.717, 1.165) is 48.1 Å². The van der Waals surface area contributed by atoms with E-state index >= 15 is 0 Å². The largest absolute Gasteiger partial charge is 0.490 e. The normalized spacial score (nSPS) is 12.7. The van der Waals surface area contributed by atoms with Gasteiger partial charge in [0.25, 0.3) is 0 Å². The number of ether oxygens (including phenoxy) is 2. The Morgan fingerprint density at radius 2 is 2.07 bits per heavy atom. The quantitative estimate of drug-likeness (QED) is 0.805. The van der Waals surface area contributed by atoms with Crippen molar-refractivity contribution < 1.29 is 19.4 Å². The first kappa shape index (κ1) is 18.5. The van der Waals surface area contributed by atoms with E-state index in [0.29, 0.717) is 23.7 Å². The average Bonchev–Trinajstić information content (AvgIpc) is 2.66. The summed E-state index contributed by atoms with van der Waals surface area (Å²) in [5.74, 6) is -0.0564. The van der Waals surface area contributed by atoms with Crippen molar-refractivity contribution in [3.8, 4) is 28.7 Å². The molecule has 1 aliphatic rings. The molecule has 0 amide bonds. The Morgan fingerprint density at radius 1 is 1.30 bits per heavy atom. The highest BCUT2D eigenvalue weighted by Crippen LogP contribution is 2.39. The molecule has 0 fully saturated rings. The lowest BCUT2D eigenvalue weighted by atomic mass is 9.86. The minimum atomic E-state index is -1.07. The average molecular weight is 367 g/mol. The molecule has 0 radical (unpaired) electrons. The monoisotopic (exact) mass is 367 g/mol. The van der Waals surface area contributed by atoms with Gasteiger partial charge in [0, 0.05) is 11.3 Å². The van der Waals surface area contributed by atoms with Crippen molar-refractivity contribution in [3.63, 3.8) is 0 Å². The highest BCUT2D eigenvalue weighted by atomic mass is 16.5. The first-order valence-electron chi connectivity index (χ1n) is 8.88. The third kappa shape index (κ3) is 3.80. The molecule has 0 aliphatic heterocycles. The molecule has 3 rings (SSSR count). The Labute approximate surface area is 157 Å². The minimum Gasteiger partial charge on any atom is -0.490 e. The first-order valence-corrected chi connectivity index (χ1v) is 8.88. The van der Waals surface area contributed by atoms with Crippen LogP contribution in [0.2, 0.25) is 0 Å². The van der Waals surface area contributed by atoms with Gasteiger partial charge in [0.2, 0.25) is 0 Å². The number of nitrogens with two attached hydrogens (primary N) is 1. The van der Waals surface area contributed by atoms with Gasteiger partial charge in [-0.05, 0) is 55.9 Å². The van der Waals surface area contributed by atoms with Crippen molar-refractivity contribution in [3.05, 3.63) is 35.0 Å². The van der Waals surface area contributed by atoms with Crippen LogP contribution in [0.1, 0.15) is 36.6 Å². The molecule has 3 N–H and O–H groups in total. The summed E-state index contributed by atoms with van der Waals surface area (Å²) in [5.41, 5.74) is 9.96. The van der Waals surface area contributed by atoms with Gasteiger partial charge >= 0.3 is 5.97 Å². The standard InChI is InChI=1S/C20H21N3O4/c1-2-26-17-9-12(7-8-16(17)27-11-18(24)25)19-13-5-3-4-6-15(13)23-20(22)14(19)10-21/h7-9H,2-6,11H2,1H3,(H2,22,23)(H,24,25). The van der Waals surface area contributed by atoms with E-state index in [4.69, 9.17) is 20.3 Å². The fourth-order valence-electron chi connectivity index (χ4n) is 3.38. The molecule has 140 valence electrons. The lowest BCUT2D eigenvalue weighted by Crippen LogP contribution is -2.12. The molecule has 0 saturated carbocycles. The molecule has 0 saturated heterocycles. The molecule has 1 heterocycles. The molecule has 7 heteroatoms. The van der Waals surface area contributed by atoms with Crippen LogP contribution in [0.3, 0.4) is 0 Å². The fourth-order valence-corrected chi connectivity index (χ4v) is 3.38. The van der Waals surface area contributed by atoms with E-state index in [1.807, 2.05) is 6.92 Å². The number of nitriles is 1. The zero-order chi connectivity index (χ0) is 19.4. The molecular formula is C20H21N3O4. The maximum Gasteiger partial charge on any atom is 0.341 e. The van der Waals surface area contributed by atoms with Crippen LogP contribution >= 0.6 is 0 Å². The van der Waals surface area contributed by atoms with Crippen LogP contribution in [-0.2, 0) is 17.6 Å². The number of carbonyl (C=O) groups is 1. The molecular weight excluding hydrogens is 346 g/mol. The summed E-state index contributed by atoms with van der Waals surface area (Å²) >= 11 is 0. The van der Waals surface area contributed by atoms with Crippen LogP contribution in [0.15, 0.2) is 18.2 Å². The summed E-state index contributed by atoms with van der Waals surface area (Å²) in [4.78, 5) is 15.2. The van der Waals surface area contributed by atoms with E-state index in [-0.39, 0.29) is 5.82 Å². The Kier molecular flexibility index (Phi) is 5.46. The molecule has 0 atom stereocenters. The number of rotatable bonds is 6. The number of hydrogen-bond acceptors (Lipinski definition) is 6. The summed E-state index contributed by atoms with van der Waals surface area (Å²) in [5, 5.41) is 18.5. The molecule has 27 heavy (non-hydrogen) atoms. The van der Waals surface area contributed by atoms with Gasteiger partial charge in [-0.3, -0.25) is 0 Å². The summed E-state index contributed by atoms with van der Waals surface area (Å²) < 4.78 is 10.9. The topological polar surface area (TPSA) is 118 Å². The van der Waals surface area contributed by atoms with Crippen LogP contribution in [0.25, 0.3) is 11.1 Å². The van der Waals surface area contributed by atoms with Gasteiger partial charge in [-0.25, -0.2) is 9.78 Å². The lowest BCUT2D eigenvalue weighted by molar-refractivity contribution is -0.139. The van der Waals surface area contributed by atoms with Crippen LogP contribution in [0, 0.1) is 11.3 Å². The Hall–Kier alpha value is -3.27. The van der Waals surface area contributed by atoms with Crippen molar-refractivity contribution in [1.82, 2.24) is 4.98 Å². The van der Waals surface area contributed by atoms with Crippen molar-refractivity contribution in [2.24, 2.45) is 0 Å². The minimum absolute atomic E-state index is 0.234. The summed E-state index contributed by atoms with van der Waals surface area (Å²) in [7, 11) is 0. The van der Waals surface area contributed by atoms with Gasteiger partial charge in [0.1, 0.15) is 17.5 Å². The highest BCUT2D eigenvalue weighted by Gasteiger charge is 2.23. The summed E-state index contributed by atoms with van der Waals surface area (Å²) in [6.07, 6.45) is 3.77. The second-order valence-corrected chi connectivity index (χ2v) is 6.27. The molecule has 7 nitrogen and oxygen atoms in total. The maximum atomic E-state index is 10.8. The summed E-state index contributed by atoms with van der Waals surface area (Å²) in [6, 6.07) is 7.41. The highest BCUT2D eigenvalue weighted by molar-refractivity contribution is 5.80. The molecule has 0 spiro atoms. The van der Waals surface area contributed by atoms with Gasteiger partial charge in [-0.2, -0.15) is 5.26 Å². The Bertz CT molecular complexity index is 918. The predicted octanol–water partition coefficient (Wildman–Crippen LogP) is 2.94. The number of aliphatic carboxylic acids is 1. The fraction of sp³-hybridized carbons (Fsp3) is 0.350. The molecule has 1 aromatic carbocycles. The zero-order valence-corrected chi connectivity index (χ0v) is 15.1. The van der Waals surface area contributed by atoms with Crippen LogP contribution < -0.4 is 15.2 Å². The van der Waals surface area contributed by atoms with Gasteiger partial charge in [0.15, 0.2) is 18.1 Å². The number of nitrogens with zero attached hydrogens (tertiary/aromatic N) is 2. The predicted molar refractivity (Wildman–Crippen MR) is 99.7 cm³/mol. The van der Waals surface area contributed by atoms with Gasteiger partial charge in [-0.1, -0.05) is 6.07 Å². The van der Waals surface area contributed by atoms with Crippen LogP contribution in [-0.4, -0.2) is 29.3 Å². The number of anilines is 1. The number of aromatic nitrogens is 1. The van der Waals surface area contributed by atoms with Crippen LogP contribution in [0.5, 0.6) is 11.5 Å². The van der Waals surface area contributed by atoms with Crippen molar-refractivity contribution in [2.75, 3.05) is 18.9 Å². The van der Waals surface area contributed by atoms with Crippen molar-refractivity contribution >= 4 is 11.8 Å². The number of fused-ring (bicyclic) bond motifs is 1. The van der Waals surface area contributed by atoms with E-state index in [1.54, 1.807) is 18.2 Å². The number of carboxylic acid groups (broad SMARTS) is 1. The van der Waals surface area contributed by atoms with Crippen LogP contribution in [0.4, 0.5) is 5.82 Å². The van der Waals surface area contributed by atoms with Crippen molar-refractivity contribution in [1.29, 1.82) is 5.26 Å². The van der Waals surface area contributed by atoms with E-state index < -0.39 is 12.6 Å². The lowest BCUT2D eigenvalue weighted by Gasteiger charge is -2.21. The van der Waals surface area contributed by atoms with Gasteiger partial charge in [-0.15, -0.1) is 0 Å². The molecule has 0 unspecified atom stereocenters. The number of aryl methyl sites for hydroxylation is 1. The smallest absolute Gasteiger partial charge is 0.341 e. The summed E-state index contributed by atoms with van der Waals surface area (Å²) in [6.45, 7) is 1.77. The number of carboxylic acids is 1. The zero-order valence-electron chi connectivity index (χ0n) is 15.1. The molecule has 1 aromatic heterocycles. The number of hydrogen-bond donors (Lipinski definition) is 2. The van der Waals surface area contributed by atoms with E-state index in [2.05, 4.69) is 11.1 Å². The molecule has 1 aliphatic carbocycles. The number of nitrogen functional groups attached to an aromatic ring is 1. The third-order valence-corrected chi connectivity index (χ3v) is 4.50. The maximum absolute atomic E-state index is 10.8. The van der Waals surface area contributed by atoms with Gasteiger partial charge < -0.3 is 20.3 Å². The molecule has 0 bridgehead atoms. The number of pyridine rings is 1. The van der Waals surface area contributed by atoms with E-state index in [1.165, 1.54) is 0 Å². The third-order valence-electron chi connectivity index (χ3n) is 4.50. The Balaban J connectivity index is 2.13.